The second kappa shape index (κ2) is 5.33. The Labute approximate surface area is 119 Å². The standard InChI is InChI=1S/C18H17NO/c1-13(2)17-12-19-18(16-11-7-6-10-15(16)17)20-14-8-4-3-5-9-14/h3-13H,1-2H3. The van der Waals surface area contributed by atoms with Gasteiger partial charge in [-0.25, -0.2) is 4.98 Å². The van der Waals surface area contributed by atoms with Crippen molar-refractivity contribution in [3.8, 4) is 11.6 Å². The lowest BCUT2D eigenvalue weighted by Gasteiger charge is -2.13. The molecule has 0 saturated carbocycles. The molecule has 2 aromatic carbocycles. The summed E-state index contributed by atoms with van der Waals surface area (Å²) in [7, 11) is 0. The zero-order chi connectivity index (χ0) is 13.9. The van der Waals surface area contributed by atoms with E-state index in [1.54, 1.807) is 0 Å². The van der Waals surface area contributed by atoms with E-state index in [2.05, 4.69) is 37.0 Å². The molecule has 3 aromatic rings. The highest BCUT2D eigenvalue weighted by molar-refractivity contribution is 5.90. The molecule has 2 heteroatoms. The molecule has 0 N–H and O–H groups in total. The molecule has 0 amide bonds. The van der Waals surface area contributed by atoms with Crippen molar-refractivity contribution >= 4 is 10.8 Å². The molecule has 0 saturated heterocycles. The highest BCUT2D eigenvalue weighted by atomic mass is 16.5. The largest absolute Gasteiger partial charge is 0.438 e. The normalized spacial score (nSPS) is 10.9. The van der Waals surface area contributed by atoms with Crippen LogP contribution in [0.1, 0.15) is 25.3 Å². The molecular weight excluding hydrogens is 246 g/mol. The first-order valence-electron chi connectivity index (χ1n) is 6.86. The minimum atomic E-state index is 0.443. The van der Waals surface area contributed by atoms with Crippen molar-refractivity contribution < 1.29 is 4.74 Å². The maximum absolute atomic E-state index is 5.92. The summed E-state index contributed by atoms with van der Waals surface area (Å²) in [5.74, 6) is 1.91. The van der Waals surface area contributed by atoms with Gasteiger partial charge in [0, 0.05) is 11.6 Å². The van der Waals surface area contributed by atoms with E-state index in [4.69, 9.17) is 4.74 Å². The molecule has 0 aliphatic rings. The van der Waals surface area contributed by atoms with E-state index in [0.717, 1.165) is 11.1 Å². The van der Waals surface area contributed by atoms with Crippen LogP contribution in [0, 0.1) is 0 Å². The van der Waals surface area contributed by atoms with Crippen LogP contribution < -0.4 is 4.74 Å². The molecule has 20 heavy (non-hydrogen) atoms. The third-order valence-corrected chi connectivity index (χ3v) is 3.37. The van der Waals surface area contributed by atoms with Crippen LogP contribution in [0.25, 0.3) is 10.8 Å². The van der Waals surface area contributed by atoms with Crippen LogP contribution in [-0.4, -0.2) is 4.98 Å². The quantitative estimate of drug-likeness (QED) is 0.652. The van der Waals surface area contributed by atoms with Gasteiger partial charge < -0.3 is 4.74 Å². The monoisotopic (exact) mass is 263 g/mol. The number of hydrogen-bond acceptors (Lipinski definition) is 2. The Bertz CT molecular complexity index is 720. The predicted molar refractivity (Wildman–Crippen MR) is 82.3 cm³/mol. The maximum atomic E-state index is 5.92. The maximum Gasteiger partial charge on any atom is 0.227 e. The van der Waals surface area contributed by atoms with Crippen molar-refractivity contribution in [2.75, 3.05) is 0 Å². The van der Waals surface area contributed by atoms with Crippen LogP contribution in [0.2, 0.25) is 0 Å². The predicted octanol–water partition coefficient (Wildman–Crippen LogP) is 5.15. The van der Waals surface area contributed by atoms with Crippen molar-refractivity contribution in [2.24, 2.45) is 0 Å². The lowest BCUT2D eigenvalue weighted by atomic mass is 9.99. The van der Waals surface area contributed by atoms with Crippen molar-refractivity contribution in [1.29, 1.82) is 0 Å². The highest BCUT2D eigenvalue weighted by Gasteiger charge is 2.11. The summed E-state index contributed by atoms with van der Waals surface area (Å²) in [4.78, 5) is 4.50. The van der Waals surface area contributed by atoms with Crippen LogP contribution in [0.5, 0.6) is 11.6 Å². The summed E-state index contributed by atoms with van der Waals surface area (Å²) in [6.45, 7) is 4.36. The Morgan fingerprint density at radius 3 is 2.20 bits per heavy atom. The number of hydrogen-bond donors (Lipinski definition) is 0. The van der Waals surface area contributed by atoms with Crippen molar-refractivity contribution in [3.63, 3.8) is 0 Å². The van der Waals surface area contributed by atoms with Crippen molar-refractivity contribution in [1.82, 2.24) is 4.98 Å². The Hall–Kier alpha value is -2.35. The van der Waals surface area contributed by atoms with Crippen LogP contribution in [0.4, 0.5) is 0 Å². The third kappa shape index (κ3) is 2.37. The summed E-state index contributed by atoms with van der Waals surface area (Å²) in [6, 6.07) is 18.0. The second-order valence-electron chi connectivity index (χ2n) is 5.13. The van der Waals surface area contributed by atoms with E-state index in [1.807, 2.05) is 42.6 Å². The van der Waals surface area contributed by atoms with Gasteiger partial charge in [0.2, 0.25) is 5.88 Å². The summed E-state index contributed by atoms with van der Waals surface area (Å²) in [5.41, 5.74) is 1.25. The average molecular weight is 263 g/mol. The molecular formula is C18H17NO. The van der Waals surface area contributed by atoms with Gasteiger partial charge in [0.05, 0.1) is 0 Å². The summed E-state index contributed by atoms with van der Waals surface area (Å²) in [5, 5.41) is 2.27. The topological polar surface area (TPSA) is 22.1 Å². The molecule has 0 aliphatic heterocycles. The summed E-state index contributed by atoms with van der Waals surface area (Å²) < 4.78 is 5.92. The van der Waals surface area contributed by atoms with Gasteiger partial charge in [0.25, 0.3) is 0 Å². The lowest BCUT2D eigenvalue weighted by Crippen LogP contribution is -1.95. The lowest BCUT2D eigenvalue weighted by molar-refractivity contribution is 0.469. The molecule has 0 radical (unpaired) electrons. The molecule has 0 fully saturated rings. The van der Waals surface area contributed by atoms with Crippen LogP contribution in [-0.2, 0) is 0 Å². The fraction of sp³-hybridized carbons (Fsp3) is 0.167. The molecule has 1 aromatic heterocycles. The number of pyridine rings is 1. The molecule has 3 rings (SSSR count). The molecule has 1 heterocycles. The molecule has 0 unspecified atom stereocenters. The Morgan fingerprint density at radius 1 is 0.850 bits per heavy atom. The van der Waals surface area contributed by atoms with Crippen LogP contribution in [0.3, 0.4) is 0 Å². The molecule has 0 aliphatic carbocycles. The number of para-hydroxylation sites is 1. The van der Waals surface area contributed by atoms with E-state index in [0.29, 0.717) is 11.8 Å². The van der Waals surface area contributed by atoms with Crippen LogP contribution >= 0.6 is 0 Å². The molecule has 0 atom stereocenters. The van der Waals surface area contributed by atoms with E-state index in [9.17, 15) is 0 Å². The Kier molecular flexibility index (Phi) is 3.38. The smallest absolute Gasteiger partial charge is 0.227 e. The first-order chi connectivity index (χ1) is 9.75. The third-order valence-electron chi connectivity index (χ3n) is 3.37. The molecule has 0 spiro atoms. The van der Waals surface area contributed by atoms with Gasteiger partial charge in [-0.15, -0.1) is 0 Å². The van der Waals surface area contributed by atoms with Gasteiger partial charge in [-0.2, -0.15) is 0 Å². The SMILES string of the molecule is CC(C)c1cnc(Oc2ccccc2)c2ccccc12. The Balaban J connectivity index is 2.11. The zero-order valence-electron chi connectivity index (χ0n) is 11.7. The van der Waals surface area contributed by atoms with E-state index in [-0.39, 0.29) is 0 Å². The van der Waals surface area contributed by atoms with Gasteiger partial charge in [-0.05, 0) is 35.1 Å². The van der Waals surface area contributed by atoms with E-state index < -0.39 is 0 Å². The van der Waals surface area contributed by atoms with E-state index in [1.165, 1.54) is 10.9 Å². The second-order valence-corrected chi connectivity index (χ2v) is 5.13. The van der Waals surface area contributed by atoms with Gasteiger partial charge in [-0.1, -0.05) is 50.2 Å². The van der Waals surface area contributed by atoms with Gasteiger partial charge >= 0.3 is 0 Å². The number of rotatable bonds is 3. The number of aromatic nitrogens is 1. The van der Waals surface area contributed by atoms with Crippen molar-refractivity contribution in [3.05, 3.63) is 66.4 Å². The van der Waals surface area contributed by atoms with Crippen molar-refractivity contribution in [2.45, 2.75) is 19.8 Å². The van der Waals surface area contributed by atoms with Gasteiger partial charge in [0.1, 0.15) is 5.75 Å². The number of benzene rings is 2. The molecule has 0 bridgehead atoms. The number of nitrogens with zero attached hydrogens (tertiary/aromatic N) is 1. The zero-order valence-corrected chi connectivity index (χ0v) is 11.7. The molecule has 2 nitrogen and oxygen atoms in total. The average Bonchev–Trinajstić information content (AvgIpc) is 2.48. The number of fused-ring (bicyclic) bond motifs is 1. The first-order valence-corrected chi connectivity index (χ1v) is 6.86. The van der Waals surface area contributed by atoms with Crippen LogP contribution in [0.15, 0.2) is 60.8 Å². The Morgan fingerprint density at radius 2 is 1.50 bits per heavy atom. The van der Waals surface area contributed by atoms with Gasteiger partial charge in [0.15, 0.2) is 0 Å². The summed E-state index contributed by atoms with van der Waals surface area (Å²) in [6.07, 6.45) is 1.92. The fourth-order valence-corrected chi connectivity index (χ4v) is 2.33. The van der Waals surface area contributed by atoms with Gasteiger partial charge in [-0.3, -0.25) is 0 Å². The number of ether oxygens (including phenoxy) is 1. The highest BCUT2D eigenvalue weighted by Crippen LogP contribution is 2.32. The van der Waals surface area contributed by atoms with E-state index >= 15 is 0 Å². The minimum absolute atomic E-state index is 0.443. The minimum Gasteiger partial charge on any atom is -0.438 e. The molecule has 100 valence electrons. The fourth-order valence-electron chi connectivity index (χ4n) is 2.33. The first kappa shape index (κ1) is 12.7. The summed E-state index contributed by atoms with van der Waals surface area (Å²) >= 11 is 0.